The van der Waals surface area contributed by atoms with Gasteiger partial charge in [0.15, 0.2) is 0 Å². The van der Waals surface area contributed by atoms with Crippen molar-refractivity contribution < 1.29 is 14.1 Å². The highest BCUT2D eigenvalue weighted by molar-refractivity contribution is 6.13. The van der Waals surface area contributed by atoms with Crippen LogP contribution in [0.1, 0.15) is 33.3 Å². The Balaban J connectivity index is 0.00000172. The SMILES string of the molecule is C/C=C(C(=O)NCC)\C(C)=C(/C)C(=NC=NC)Nc1cc(-c2ccon2)ccc1C.NC=O. The van der Waals surface area contributed by atoms with Crippen molar-refractivity contribution in [1.29, 1.82) is 0 Å². The van der Waals surface area contributed by atoms with Gasteiger partial charge in [-0.25, -0.2) is 4.99 Å². The second kappa shape index (κ2) is 14.1. The molecule has 1 aromatic carbocycles. The molecule has 9 heteroatoms. The molecule has 2 aromatic rings. The molecule has 0 unspecified atom stereocenters. The van der Waals surface area contributed by atoms with Crippen LogP contribution in [0.25, 0.3) is 11.3 Å². The first-order valence-corrected chi connectivity index (χ1v) is 10.4. The van der Waals surface area contributed by atoms with E-state index in [0.29, 0.717) is 18.0 Å². The number of carbonyl (C=O) groups is 2. The molecule has 176 valence electrons. The van der Waals surface area contributed by atoms with E-state index in [1.807, 2.05) is 65.0 Å². The maximum absolute atomic E-state index is 12.4. The van der Waals surface area contributed by atoms with Gasteiger partial charge < -0.3 is 20.9 Å². The van der Waals surface area contributed by atoms with Crippen LogP contribution in [0.5, 0.6) is 0 Å². The highest BCUT2D eigenvalue weighted by Gasteiger charge is 2.16. The second-order valence-electron chi connectivity index (χ2n) is 6.84. The number of nitrogens with zero attached hydrogens (tertiary/aromatic N) is 3. The van der Waals surface area contributed by atoms with Crippen LogP contribution in [0.4, 0.5) is 5.69 Å². The molecule has 0 aliphatic rings. The lowest BCUT2D eigenvalue weighted by atomic mass is 10.00. The lowest BCUT2D eigenvalue weighted by molar-refractivity contribution is -0.117. The van der Waals surface area contributed by atoms with E-state index in [1.165, 1.54) is 6.34 Å². The van der Waals surface area contributed by atoms with E-state index < -0.39 is 0 Å². The number of nitrogens with one attached hydrogen (secondary N) is 2. The monoisotopic (exact) mass is 452 g/mol. The summed E-state index contributed by atoms with van der Waals surface area (Å²) in [5, 5.41) is 10.3. The highest BCUT2D eigenvalue weighted by atomic mass is 16.5. The zero-order valence-corrected chi connectivity index (χ0v) is 20.0. The van der Waals surface area contributed by atoms with Crippen molar-refractivity contribution in [2.75, 3.05) is 18.9 Å². The Bertz CT molecular complexity index is 1050. The molecule has 0 saturated heterocycles. The summed E-state index contributed by atoms with van der Waals surface area (Å²) in [7, 11) is 1.66. The van der Waals surface area contributed by atoms with Crippen molar-refractivity contribution in [1.82, 2.24) is 10.5 Å². The van der Waals surface area contributed by atoms with Gasteiger partial charge in [-0.3, -0.25) is 14.6 Å². The number of hydrogen-bond donors (Lipinski definition) is 3. The van der Waals surface area contributed by atoms with E-state index in [-0.39, 0.29) is 12.3 Å². The number of anilines is 1. The molecule has 0 saturated carbocycles. The largest absolute Gasteiger partial charge is 0.372 e. The summed E-state index contributed by atoms with van der Waals surface area (Å²) in [5.74, 6) is 0.506. The Kier molecular flexibility index (Phi) is 11.6. The lowest BCUT2D eigenvalue weighted by Gasteiger charge is -2.17. The van der Waals surface area contributed by atoms with Crippen molar-refractivity contribution in [3.8, 4) is 11.3 Å². The van der Waals surface area contributed by atoms with E-state index in [0.717, 1.165) is 33.7 Å². The first kappa shape index (κ1) is 27.0. The average Bonchev–Trinajstić information content (AvgIpc) is 3.33. The van der Waals surface area contributed by atoms with Crippen molar-refractivity contribution in [2.45, 2.75) is 34.6 Å². The number of carbonyl (C=O) groups excluding carboxylic acids is 2. The highest BCUT2D eigenvalue weighted by Crippen LogP contribution is 2.25. The Morgan fingerprint density at radius 3 is 2.48 bits per heavy atom. The summed E-state index contributed by atoms with van der Waals surface area (Å²) in [4.78, 5) is 29.5. The third-order valence-corrected chi connectivity index (χ3v) is 4.72. The van der Waals surface area contributed by atoms with Crippen LogP contribution in [0.3, 0.4) is 0 Å². The van der Waals surface area contributed by atoms with Gasteiger partial charge >= 0.3 is 0 Å². The van der Waals surface area contributed by atoms with Crippen molar-refractivity contribution in [3.05, 3.63) is 58.9 Å². The molecule has 9 nitrogen and oxygen atoms in total. The van der Waals surface area contributed by atoms with Crippen molar-refractivity contribution in [2.24, 2.45) is 15.7 Å². The van der Waals surface area contributed by atoms with Gasteiger partial charge in [-0.05, 0) is 57.4 Å². The third kappa shape index (κ3) is 7.88. The summed E-state index contributed by atoms with van der Waals surface area (Å²) in [6.07, 6.45) is 5.09. The van der Waals surface area contributed by atoms with Gasteiger partial charge in [0.1, 0.15) is 24.1 Å². The van der Waals surface area contributed by atoms with Crippen molar-refractivity contribution >= 4 is 30.2 Å². The topological polar surface area (TPSA) is 135 Å². The van der Waals surface area contributed by atoms with E-state index in [2.05, 4.69) is 31.5 Å². The van der Waals surface area contributed by atoms with Gasteiger partial charge in [-0.1, -0.05) is 23.4 Å². The van der Waals surface area contributed by atoms with E-state index in [9.17, 15) is 4.79 Å². The Morgan fingerprint density at radius 1 is 1.24 bits per heavy atom. The van der Waals surface area contributed by atoms with Gasteiger partial charge in [-0.2, -0.15) is 0 Å². The lowest BCUT2D eigenvalue weighted by Crippen LogP contribution is -2.26. The number of aryl methyl sites for hydroxylation is 1. The Morgan fingerprint density at radius 2 is 1.94 bits per heavy atom. The Labute approximate surface area is 194 Å². The van der Waals surface area contributed by atoms with Gasteiger partial charge in [0.05, 0.1) is 0 Å². The summed E-state index contributed by atoms with van der Waals surface area (Å²) < 4.78 is 4.96. The number of primary amides is 1. The molecule has 1 heterocycles. The fourth-order valence-corrected chi connectivity index (χ4v) is 2.90. The fourth-order valence-electron chi connectivity index (χ4n) is 2.90. The molecule has 0 radical (unpaired) electrons. The van der Waals surface area contributed by atoms with Crippen molar-refractivity contribution in [3.63, 3.8) is 0 Å². The predicted molar refractivity (Wildman–Crippen MR) is 133 cm³/mol. The van der Waals surface area contributed by atoms with Gasteiger partial charge in [0.2, 0.25) is 6.41 Å². The summed E-state index contributed by atoms with van der Waals surface area (Å²) in [6.45, 7) is 10.2. The van der Waals surface area contributed by atoms with Crippen LogP contribution in [0, 0.1) is 6.92 Å². The number of allylic oxidation sites excluding steroid dienone is 1. The molecule has 0 bridgehead atoms. The maximum atomic E-state index is 12.4. The van der Waals surface area contributed by atoms with Crippen LogP contribution >= 0.6 is 0 Å². The third-order valence-electron chi connectivity index (χ3n) is 4.72. The molecule has 0 fully saturated rings. The van der Waals surface area contributed by atoms with Crippen LogP contribution in [-0.4, -0.2) is 43.2 Å². The number of hydrogen-bond acceptors (Lipinski definition) is 5. The molecule has 4 N–H and O–H groups in total. The normalized spacial score (nSPS) is 12.5. The quantitative estimate of drug-likeness (QED) is 0.194. The number of amidine groups is 1. The van der Waals surface area contributed by atoms with Gasteiger partial charge in [0.25, 0.3) is 5.91 Å². The molecule has 0 spiro atoms. The molecule has 2 rings (SSSR count). The molecular weight excluding hydrogens is 420 g/mol. The fraction of sp³-hybridized carbons (Fsp3) is 0.292. The van der Waals surface area contributed by atoms with Crippen LogP contribution < -0.4 is 16.4 Å². The minimum Gasteiger partial charge on any atom is -0.372 e. The van der Waals surface area contributed by atoms with Gasteiger partial charge in [0, 0.05) is 36.5 Å². The maximum Gasteiger partial charge on any atom is 0.251 e. The molecule has 0 atom stereocenters. The minimum atomic E-state index is -0.107. The smallest absolute Gasteiger partial charge is 0.251 e. The molecule has 0 aliphatic heterocycles. The van der Waals surface area contributed by atoms with E-state index in [1.54, 1.807) is 13.3 Å². The number of amides is 2. The number of aliphatic imine (C=N–C) groups is 2. The second-order valence-corrected chi connectivity index (χ2v) is 6.84. The summed E-state index contributed by atoms with van der Waals surface area (Å²) in [6, 6.07) is 7.81. The number of rotatable bonds is 7. The predicted octanol–water partition coefficient (Wildman–Crippen LogP) is 3.64. The first-order chi connectivity index (χ1) is 15.8. The molecular formula is C24H32N6O3. The minimum absolute atomic E-state index is 0.107. The number of likely N-dealkylation sites (N-methyl/N-ethyl adjacent to an activating group) is 1. The first-order valence-electron chi connectivity index (χ1n) is 10.4. The molecule has 0 aliphatic carbocycles. The van der Waals surface area contributed by atoms with Crippen LogP contribution in [0.15, 0.2) is 67.8 Å². The zero-order chi connectivity index (χ0) is 24.8. The molecule has 33 heavy (non-hydrogen) atoms. The average molecular weight is 453 g/mol. The van der Waals surface area contributed by atoms with Crippen LogP contribution in [0.2, 0.25) is 0 Å². The number of benzene rings is 1. The standard InChI is InChI=1S/C23H29N5O2.CH3NO/c1-7-19(23(29)25-8-2)16(4)17(5)22(26-14-24-6)27-21-13-18(10-9-15(21)3)20-11-12-30-28-20;2-1-3/h7,9-14H,8H2,1-6H3,(H,25,29)(H,24,26,27);1H,(H2,2,3)/b17-16+,19-7+;. The molecule has 1 aromatic heterocycles. The molecule has 2 amide bonds. The Hall–Kier alpha value is -4.01. The number of nitrogens with two attached hydrogens (primary N) is 1. The zero-order valence-electron chi connectivity index (χ0n) is 20.0. The summed E-state index contributed by atoms with van der Waals surface area (Å²) >= 11 is 0. The van der Waals surface area contributed by atoms with E-state index >= 15 is 0 Å². The van der Waals surface area contributed by atoms with E-state index in [4.69, 9.17) is 9.32 Å². The van der Waals surface area contributed by atoms with Crippen LogP contribution in [-0.2, 0) is 9.59 Å². The summed E-state index contributed by atoms with van der Waals surface area (Å²) in [5.41, 5.74) is 10.1. The number of aromatic nitrogens is 1. The van der Waals surface area contributed by atoms with Gasteiger partial charge in [-0.15, -0.1) is 0 Å².